The predicted molar refractivity (Wildman–Crippen MR) is 101 cm³/mol. The van der Waals surface area contributed by atoms with E-state index < -0.39 is 0 Å². The number of rotatable bonds is 6. The minimum absolute atomic E-state index is 0.193. The molecule has 0 unspecified atom stereocenters. The average molecular weight is 349 g/mol. The normalized spacial score (nSPS) is 14.4. The van der Waals surface area contributed by atoms with E-state index >= 15 is 0 Å². The van der Waals surface area contributed by atoms with Crippen molar-refractivity contribution in [2.75, 3.05) is 19.7 Å². The Bertz CT molecular complexity index is 898. The van der Waals surface area contributed by atoms with E-state index in [2.05, 4.69) is 23.0 Å². The van der Waals surface area contributed by atoms with Crippen LogP contribution in [0, 0.1) is 12.8 Å². The fraction of sp³-hybridized carbons (Fsp3) is 0.333. The largest absolute Gasteiger partial charge is 0.493 e. The molecule has 0 aliphatic carbocycles. The van der Waals surface area contributed by atoms with Gasteiger partial charge in [-0.1, -0.05) is 30.3 Å². The van der Waals surface area contributed by atoms with Crippen molar-refractivity contribution >= 4 is 16.9 Å². The minimum atomic E-state index is 0.193. The number of para-hydroxylation sites is 2. The van der Waals surface area contributed by atoms with Crippen molar-refractivity contribution in [3.63, 3.8) is 0 Å². The van der Waals surface area contributed by atoms with Crippen LogP contribution in [-0.4, -0.2) is 40.5 Å². The summed E-state index contributed by atoms with van der Waals surface area (Å²) in [7, 11) is 0. The van der Waals surface area contributed by atoms with Crippen molar-refractivity contribution in [3.05, 3.63) is 59.9 Å². The summed E-state index contributed by atoms with van der Waals surface area (Å²) in [4.78, 5) is 22.2. The van der Waals surface area contributed by atoms with E-state index in [9.17, 15) is 4.79 Å². The van der Waals surface area contributed by atoms with E-state index in [0.29, 0.717) is 25.4 Å². The van der Waals surface area contributed by atoms with Crippen molar-refractivity contribution in [2.45, 2.75) is 19.8 Å². The van der Waals surface area contributed by atoms with Gasteiger partial charge in [0.2, 0.25) is 5.91 Å². The van der Waals surface area contributed by atoms with Gasteiger partial charge in [0, 0.05) is 31.8 Å². The molecule has 2 heterocycles. The SMILES string of the molecule is Cc1cccc2[nH]c(CCC(=O)N3CC(COc4ccccc4)C3)nc12. The van der Waals surface area contributed by atoms with Gasteiger partial charge in [0.15, 0.2) is 0 Å². The number of benzene rings is 2. The van der Waals surface area contributed by atoms with E-state index in [1.54, 1.807) is 0 Å². The van der Waals surface area contributed by atoms with Crippen LogP contribution in [0.2, 0.25) is 0 Å². The van der Waals surface area contributed by atoms with Crippen LogP contribution in [0.15, 0.2) is 48.5 Å². The van der Waals surface area contributed by atoms with Crippen LogP contribution in [0.1, 0.15) is 17.8 Å². The molecule has 1 N–H and O–H groups in total. The van der Waals surface area contributed by atoms with Gasteiger partial charge < -0.3 is 14.6 Å². The molecule has 26 heavy (non-hydrogen) atoms. The number of H-pyrrole nitrogens is 1. The zero-order chi connectivity index (χ0) is 17.9. The highest BCUT2D eigenvalue weighted by atomic mass is 16.5. The maximum absolute atomic E-state index is 12.3. The molecule has 1 aliphatic rings. The molecule has 0 spiro atoms. The first kappa shape index (κ1) is 16.6. The Morgan fingerprint density at radius 3 is 2.77 bits per heavy atom. The molecule has 5 heteroatoms. The van der Waals surface area contributed by atoms with E-state index in [1.165, 1.54) is 0 Å². The molecule has 0 saturated carbocycles. The van der Waals surface area contributed by atoms with Crippen LogP contribution in [0.25, 0.3) is 11.0 Å². The predicted octanol–water partition coefficient (Wildman–Crippen LogP) is 3.34. The Labute approximate surface area is 153 Å². The van der Waals surface area contributed by atoms with Gasteiger partial charge in [-0.05, 0) is 30.7 Å². The summed E-state index contributed by atoms with van der Waals surface area (Å²) in [5.41, 5.74) is 3.19. The van der Waals surface area contributed by atoms with Crippen molar-refractivity contribution in [1.29, 1.82) is 0 Å². The number of aromatic nitrogens is 2. The summed E-state index contributed by atoms with van der Waals surface area (Å²) in [6.45, 7) is 4.28. The molecule has 1 amide bonds. The number of nitrogens with zero attached hydrogens (tertiary/aromatic N) is 2. The van der Waals surface area contributed by atoms with E-state index in [0.717, 1.165) is 41.3 Å². The van der Waals surface area contributed by atoms with Crippen LogP contribution >= 0.6 is 0 Å². The number of hydrogen-bond acceptors (Lipinski definition) is 3. The van der Waals surface area contributed by atoms with Crippen LogP contribution < -0.4 is 4.74 Å². The van der Waals surface area contributed by atoms with Gasteiger partial charge in [-0.3, -0.25) is 4.79 Å². The Balaban J connectivity index is 1.23. The van der Waals surface area contributed by atoms with Crippen LogP contribution in [0.5, 0.6) is 5.75 Å². The third kappa shape index (κ3) is 3.57. The second-order valence-electron chi connectivity index (χ2n) is 6.94. The number of nitrogens with one attached hydrogen (secondary N) is 1. The number of imidazole rings is 1. The number of hydrogen-bond donors (Lipinski definition) is 1. The molecular formula is C21H23N3O2. The first-order valence-electron chi connectivity index (χ1n) is 9.09. The highest BCUT2D eigenvalue weighted by Crippen LogP contribution is 2.20. The average Bonchev–Trinajstić information content (AvgIpc) is 3.04. The molecule has 0 atom stereocenters. The van der Waals surface area contributed by atoms with Crippen molar-refractivity contribution in [1.82, 2.24) is 14.9 Å². The Morgan fingerprint density at radius 1 is 1.19 bits per heavy atom. The number of carbonyl (C=O) groups is 1. The van der Waals surface area contributed by atoms with Crippen molar-refractivity contribution in [2.24, 2.45) is 5.92 Å². The van der Waals surface area contributed by atoms with Gasteiger partial charge >= 0.3 is 0 Å². The molecule has 4 rings (SSSR count). The number of amides is 1. The first-order valence-corrected chi connectivity index (χ1v) is 9.09. The fourth-order valence-electron chi connectivity index (χ4n) is 3.34. The standard InChI is InChI=1S/C21H23N3O2/c1-15-6-5-9-18-21(15)23-19(22-18)10-11-20(25)24-12-16(13-24)14-26-17-7-3-2-4-8-17/h2-9,16H,10-14H2,1H3,(H,22,23). The molecule has 2 aromatic carbocycles. The van der Waals surface area contributed by atoms with E-state index in [-0.39, 0.29) is 5.91 Å². The third-order valence-electron chi connectivity index (χ3n) is 4.88. The number of aromatic amines is 1. The lowest BCUT2D eigenvalue weighted by Crippen LogP contribution is -2.52. The maximum Gasteiger partial charge on any atom is 0.223 e. The van der Waals surface area contributed by atoms with Crippen LogP contribution in [0.3, 0.4) is 0 Å². The molecule has 1 fully saturated rings. The van der Waals surface area contributed by atoms with Gasteiger partial charge in [-0.25, -0.2) is 4.98 Å². The Morgan fingerprint density at radius 2 is 2.00 bits per heavy atom. The topological polar surface area (TPSA) is 58.2 Å². The van der Waals surface area contributed by atoms with E-state index in [4.69, 9.17) is 4.74 Å². The molecule has 1 aliphatic heterocycles. The molecular weight excluding hydrogens is 326 g/mol. The van der Waals surface area contributed by atoms with E-state index in [1.807, 2.05) is 47.4 Å². The summed E-state index contributed by atoms with van der Waals surface area (Å²) in [5, 5.41) is 0. The minimum Gasteiger partial charge on any atom is -0.493 e. The molecule has 1 saturated heterocycles. The summed E-state index contributed by atoms with van der Waals surface area (Å²) in [6.07, 6.45) is 1.14. The second kappa shape index (κ2) is 7.20. The Hall–Kier alpha value is -2.82. The maximum atomic E-state index is 12.3. The third-order valence-corrected chi connectivity index (χ3v) is 4.88. The highest BCUT2D eigenvalue weighted by molar-refractivity contribution is 5.79. The zero-order valence-corrected chi connectivity index (χ0v) is 14.9. The van der Waals surface area contributed by atoms with Crippen LogP contribution in [0.4, 0.5) is 0 Å². The first-order chi connectivity index (χ1) is 12.7. The van der Waals surface area contributed by atoms with Gasteiger partial charge in [-0.15, -0.1) is 0 Å². The zero-order valence-electron chi connectivity index (χ0n) is 14.9. The second-order valence-corrected chi connectivity index (χ2v) is 6.94. The van der Waals surface area contributed by atoms with Crippen LogP contribution in [-0.2, 0) is 11.2 Å². The fourth-order valence-corrected chi connectivity index (χ4v) is 3.34. The lowest BCUT2D eigenvalue weighted by Gasteiger charge is -2.39. The quantitative estimate of drug-likeness (QED) is 0.742. The lowest BCUT2D eigenvalue weighted by atomic mass is 10.0. The number of likely N-dealkylation sites (tertiary alicyclic amines) is 1. The summed E-state index contributed by atoms with van der Waals surface area (Å²) >= 11 is 0. The number of fused-ring (bicyclic) bond motifs is 1. The molecule has 1 aromatic heterocycles. The number of aryl methyl sites for hydroxylation is 2. The van der Waals surface area contributed by atoms with Gasteiger partial charge in [-0.2, -0.15) is 0 Å². The summed E-state index contributed by atoms with van der Waals surface area (Å²) in [5.74, 6) is 2.38. The monoisotopic (exact) mass is 349 g/mol. The van der Waals surface area contributed by atoms with Gasteiger partial charge in [0.25, 0.3) is 0 Å². The van der Waals surface area contributed by atoms with Crippen molar-refractivity contribution < 1.29 is 9.53 Å². The number of ether oxygens (including phenoxy) is 1. The molecule has 3 aromatic rings. The lowest BCUT2D eigenvalue weighted by molar-refractivity contribution is -0.138. The summed E-state index contributed by atoms with van der Waals surface area (Å²) < 4.78 is 5.76. The van der Waals surface area contributed by atoms with Crippen molar-refractivity contribution in [3.8, 4) is 5.75 Å². The van der Waals surface area contributed by atoms with Gasteiger partial charge in [0.05, 0.1) is 17.6 Å². The number of carbonyl (C=O) groups excluding carboxylic acids is 1. The Kier molecular flexibility index (Phi) is 4.61. The molecule has 0 bridgehead atoms. The van der Waals surface area contributed by atoms with Gasteiger partial charge in [0.1, 0.15) is 11.6 Å². The molecule has 5 nitrogen and oxygen atoms in total. The highest BCUT2D eigenvalue weighted by Gasteiger charge is 2.30. The molecule has 0 radical (unpaired) electrons. The molecule has 134 valence electrons. The smallest absolute Gasteiger partial charge is 0.223 e. The summed E-state index contributed by atoms with van der Waals surface area (Å²) in [6, 6.07) is 15.9.